The van der Waals surface area contributed by atoms with E-state index >= 15 is 0 Å². The summed E-state index contributed by atoms with van der Waals surface area (Å²) in [6, 6.07) is 55.0. The smallest absolute Gasteiger partial charge is 0.0215 e. The lowest BCUT2D eigenvalue weighted by molar-refractivity contribution is 0.550. The van der Waals surface area contributed by atoms with Crippen molar-refractivity contribution in [1.29, 1.82) is 0 Å². The van der Waals surface area contributed by atoms with Gasteiger partial charge in [-0.1, -0.05) is 134 Å². The van der Waals surface area contributed by atoms with E-state index in [2.05, 4.69) is 146 Å². The molecule has 0 N–H and O–H groups in total. The van der Waals surface area contributed by atoms with E-state index in [0.717, 1.165) is 0 Å². The number of hydrogen-bond acceptors (Lipinski definition) is 0. The summed E-state index contributed by atoms with van der Waals surface area (Å²) in [5.74, 6) is 0. The largest absolute Gasteiger partial charge is 0.0619 e. The SMILES string of the molecule is c1ccc2c(c1)-c1ccc(-c3cc4cc(-c5ccc6ccccc6c5)c5ccccc5c4c4ccccc34)cc1C21CCCC1. The van der Waals surface area contributed by atoms with Crippen LogP contribution in [0.2, 0.25) is 0 Å². The number of rotatable bonds is 2. The molecule has 0 heterocycles. The predicted octanol–water partition coefficient (Wildman–Crippen LogP) is 12.5. The van der Waals surface area contributed by atoms with Crippen molar-refractivity contribution in [3.8, 4) is 33.4 Å². The van der Waals surface area contributed by atoms with Crippen LogP contribution in [0, 0.1) is 0 Å². The summed E-state index contributed by atoms with van der Waals surface area (Å²) in [6.07, 6.45) is 5.11. The van der Waals surface area contributed by atoms with Gasteiger partial charge in [0.05, 0.1) is 0 Å². The van der Waals surface area contributed by atoms with E-state index in [9.17, 15) is 0 Å². The van der Waals surface area contributed by atoms with Crippen LogP contribution in [0.5, 0.6) is 0 Å². The molecule has 0 atom stereocenters. The average Bonchev–Trinajstić information content (AvgIpc) is 3.71. The topological polar surface area (TPSA) is 0 Å². The fourth-order valence-corrected chi connectivity index (χ4v) is 8.96. The Hall–Kier alpha value is -5.20. The first-order valence-corrected chi connectivity index (χ1v) is 16.4. The molecule has 0 saturated heterocycles. The van der Waals surface area contributed by atoms with Gasteiger partial charge in [-0.3, -0.25) is 0 Å². The first-order chi connectivity index (χ1) is 22.3. The van der Waals surface area contributed by atoms with Crippen LogP contribution in [-0.4, -0.2) is 0 Å². The van der Waals surface area contributed by atoms with Crippen molar-refractivity contribution in [1.82, 2.24) is 0 Å². The van der Waals surface area contributed by atoms with E-state index in [1.54, 1.807) is 11.1 Å². The highest BCUT2D eigenvalue weighted by Gasteiger charge is 2.44. The molecule has 8 aromatic rings. The Morgan fingerprint density at radius 3 is 1.64 bits per heavy atom. The van der Waals surface area contributed by atoms with Gasteiger partial charge in [0.25, 0.3) is 0 Å². The zero-order chi connectivity index (χ0) is 29.5. The summed E-state index contributed by atoms with van der Waals surface area (Å²) in [5, 5.41) is 10.5. The summed E-state index contributed by atoms with van der Waals surface area (Å²) >= 11 is 0. The minimum absolute atomic E-state index is 0.161. The molecule has 1 saturated carbocycles. The van der Waals surface area contributed by atoms with Gasteiger partial charge in [-0.05, 0) is 125 Å². The second-order valence-electron chi connectivity index (χ2n) is 13.2. The Labute approximate surface area is 263 Å². The molecule has 8 aromatic carbocycles. The fraction of sp³-hybridized carbons (Fsp3) is 0.111. The van der Waals surface area contributed by atoms with Gasteiger partial charge < -0.3 is 0 Å². The molecule has 0 bridgehead atoms. The molecule has 0 aliphatic heterocycles. The van der Waals surface area contributed by atoms with Gasteiger partial charge in [-0.2, -0.15) is 0 Å². The monoisotopic (exact) mass is 572 g/mol. The Bertz CT molecular complexity index is 2490. The molecule has 0 aromatic heterocycles. The lowest BCUT2D eigenvalue weighted by Crippen LogP contribution is -2.20. The number of fused-ring (bicyclic) bond motifs is 11. The van der Waals surface area contributed by atoms with Crippen LogP contribution >= 0.6 is 0 Å². The number of hydrogen-bond donors (Lipinski definition) is 0. The van der Waals surface area contributed by atoms with Crippen molar-refractivity contribution in [2.75, 3.05) is 0 Å². The van der Waals surface area contributed by atoms with Crippen molar-refractivity contribution in [2.45, 2.75) is 31.1 Å². The van der Waals surface area contributed by atoms with E-state index in [1.165, 1.54) is 102 Å². The summed E-state index contributed by atoms with van der Waals surface area (Å²) in [7, 11) is 0. The summed E-state index contributed by atoms with van der Waals surface area (Å²) < 4.78 is 0. The maximum atomic E-state index is 2.56. The lowest BCUT2D eigenvalue weighted by Gasteiger charge is -2.27. The van der Waals surface area contributed by atoms with Gasteiger partial charge in [0.2, 0.25) is 0 Å². The maximum Gasteiger partial charge on any atom is 0.0215 e. The fourth-order valence-electron chi connectivity index (χ4n) is 8.96. The van der Waals surface area contributed by atoms with Crippen LogP contribution in [0.25, 0.3) is 76.5 Å². The van der Waals surface area contributed by atoms with Gasteiger partial charge in [0.15, 0.2) is 0 Å². The van der Waals surface area contributed by atoms with Crippen LogP contribution in [-0.2, 0) is 5.41 Å². The van der Waals surface area contributed by atoms with E-state index < -0.39 is 0 Å². The molecular weight excluding hydrogens is 540 g/mol. The van der Waals surface area contributed by atoms with Crippen LogP contribution in [0.15, 0.2) is 146 Å². The molecule has 10 rings (SSSR count). The number of benzene rings is 8. The molecule has 1 fully saturated rings. The van der Waals surface area contributed by atoms with Crippen LogP contribution in [0.3, 0.4) is 0 Å². The lowest BCUT2D eigenvalue weighted by atomic mass is 9.76. The molecule has 2 aliphatic rings. The summed E-state index contributed by atoms with van der Waals surface area (Å²) in [4.78, 5) is 0. The molecule has 0 amide bonds. The average molecular weight is 573 g/mol. The summed E-state index contributed by atoms with van der Waals surface area (Å²) in [6.45, 7) is 0. The molecule has 45 heavy (non-hydrogen) atoms. The highest BCUT2D eigenvalue weighted by atomic mass is 14.5. The second kappa shape index (κ2) is 9.40. The van der Waals surface area contributed by atoms with Crippen molar-refractivity contribution < 1.29 is 0 Å². The third kappa shape index (κ3) is 3.54. The van der Waals surface area contributed by atoms with Gasteiger partial charge in [0, 0.05) is 5.41 Å². The molecule has 0 unspecified atom stereocenters. The molecule has 0 radical (unpaired) electrons. The molecule has 1 spiro atoms. The van der Waals surface area contributed by atoms with E-state index in [1.807, 2.05) is 0 Å². The van der Waals surface area contributed by atoms with E-state index in [0.29, 0.717) is 0 Å². The third-order valence-corrected chi connectivity index (χ3v) is 11.0. The van der Waals surface area contributed by atoms with Crippen molar-refractivity contribution in [3.63, 3.8) is 0 Å². The van der Waals surface area contributed by atoms with Crippen LogP contribution < -0.4 is 0 Å². The zero-order valence-corrected chi connectivity index (χ0v) is 25.2. The Morgan fingerprint density at radius 1 is 0.356 bits per heavy atom. The first-order valence-electron chi connectivity index (χ1n) is 16.4. The highest BCUT2D eigenvalue weighted by Crippen LogP contribution is 2.57. The quantitative estimate of drug-likeness (QED) is 0.181. The van der Waals surface area contributed by atoms with Crippen molar-refractivity contribution >= 4 is 43.1 Å². The summed E-state index contributed by atoms with van der Waals surface area (Å²) in [5.41, 5.74) is 11.3. The van der Waals surface area contributed by atoms with E-state index in [4.69, 9.17) is 0 Å². The normalized spacial score (nSPS) is 14.9. The van der Waals surface area contributed by atoms with Crippen molar-refractivity contribution in [3.05, 3.63) is 157 Å². The molecule has 0 nitrogen and oxygen atoms in total. The minimum atomic E-state index is 0.161. The minimum Gasteiger partial charge on any atom is -0.0619 e. The maximum absolute atomic E-state index is 2.56. The van der Waals surface area contributed by atoms with Crippen LogP contribution in [0.1, 0.15) is 36.8 Å². The van der Waals surface area contributed by atoms with Gasteiger partial charge in [-0.25, -0.2) is 0 Å². The third-order valence-electron chi connectivity index (χ3n) is 11.0. The van der Waals surface area contributed by atoms with Gasteiger partial charge in [-0.15, -0.1) is 0 Å². The molecule has 2 aliphatic carbocycles. The van der Waals surface area contributed by atoms with Crippen LogP contribution in [0.4, 0.5) is 0 Å². The van der Waals surface area contributed by atoms with E-state index in [-0.39, 0.29) is 5.41 Å². The second-order valence-corrected chi connectivity index (χ2v) is 13.2. The molecule has 0 heteroatoms. The predicted molar refractivity (Wildman–Crippen MR) is 192 cm³/mol. The Kier molecular flexibility index (Phi) is 5.26. The molecular formula is C45H32. The van der Waals surface area contributed by atoms with Crippen molar-refractivity contribution in [2.24, 2.45) is 0 Å². The first kappa shape index (κ1) is 25.2. The molecule has 212 valence electrons. The van der Waals surface area contributed by atoms with Gasteiger partial charge in [0.1, 0.15) is 0 Å². The van der Waals surface area contributed by atoms with Gasteiger partial charge >= 0.3 is 0 Å². The Morgan fingerprint density at radius 2 is 0.911 bits per heavy atom. The highest BCUT2D eigenvalue weighted by molar-refractivity contribution is 6.26. The Balaban J connectivity index is 1.25. The standard InChI is InChI=1S/C45H32/c1-2-12-30-25-31(20-19-29(30)11-1)40-26-33-27-41(35-14-4-6-17-39(35)44(33)38-16-5-3-13-34(38)40)32-21-22-37-36-15-7-8-18-42(36)45(43(37)28-32)23-9-10-24-45/h1-8,11-22,25-28H,9-10,23-24H2. The zero-order valence-electron chi connectivity index (χ0n) is 25.2.